The Morgan fingerprint density at radius 1 is 1.16 bits per heavy atom. The number of aryl methyl sites for hydroxylation is 1. The minimum absolute atomic E-state index is 0.718. The van der Waals surface area contributed by atoms with E-state index in [-0.39, 0.29) is 0 Å². The van der Waals surface area contributed by atoms with Gasteiger partial charge in [0.25, 0.3) is 0 Å². The van der Waals surface area contributed by atoms with Crippen molar-refractivity contribution in [1.29, 1.82) is 5.26 Å². The molecule has 0 spiro atoms. The molecule has 1 N–H and O–H groups in total. The van der Waals surface area contributed by atoms with Gasteiger partial charge in [-0.05, 0) is 41.3 Å². The first-order valence-electron chi connectivity index (χ1n) is 6.43. The van der Waals surface area contributed by atoms with E-state index in [1.54, 1.807) is 0 Å². The summed E-state index contributed by atoms with van der Waals surface area (Å²) in [5, 5.41) is 10.4. The van der Waals surface area contributed by atoms with Crippen molar-refractivity contribution in [3.05, 3.63) is 59.8 Å². The number of aromatic amines is 1. The van der Waals surface area contributed by atoms with Crippen LogP contribution in [0.2, 0.25) is 0 Å². The highest BCUT2D eigenvalue weighted by Gasteiger charge is 2.07. The van der Waals surface area contributed by atoms with Crippen LogP contribution in [0, 0.1) is 11.3 Å². The van der Waals surface area contributed by atoms with Crippen molar-refractivity contribution in [1.82, 2.24) is 4.98 Å². The van der Waals surface area contributed by atoms with Crippen molar-refractivity contribution in [3.8, 4) is 17.2 Å². The third kappa shape index (κ3) is 1.90. The van der Waals surface area contributed by atoms with Gasteiger partial charge in [-0.2, -0.15) is 5.26 Å². The zero-order valence-corrected chi connectivity index (χ0v) is 10.8. The predicted molar refractivity (Wildman–Crippen MR) is 77.8 cm³/mol. The van der Waals surface area contributed by atoms with Gasteiger partial charge in [0.05, 0.1) is 11.6 Å². The van der Waals surface area contributed by atoms with E-state index >= 15 is 0 Å². The van der Waals surface area contributed by atoms with Crippen LogP contribution in [-0.4, -0.2) is 4.98 Å². The number of nitriles is 1. The first-order chi connectivity index (χ1) is 9.33. The SMILES string of the molecule is CCc1c[nH]c2ccc(-c3ccccc3C#N)cc12. The molecule has 0 amide bonds. The van der Waals surface area contributed by atoms with Gasteiger partial charge in [0.15, 0.2) is 0 Å². The monoisotopic (exact) mass is 246 g/mol. The fourth-order valence-electron chi connectivity index (χ4n) is 2.47. The van der Waals surface area contributed by atoms with E-state index in [9.17, 15) is 5.26 Å². The molecule has 0 radical (unpaired) electrons. The van der Waals surface area contributed by atoms with Crippen molar-refractivity contribution >= 4 is 10.9 Å². The summed E-state index contributed by atoms with van der Waals surface area (Å²) in [6, 6.07) is 16.3. The Labute approximate surface area is 112 Å². The second-order valence-corrected chi connectivity index (χ2v) is 4.59. The number of fused-ring (bicyclic) bond motifs is 1. The van der Waals surface area contributed by atoms with Gasteiger partial charge < -0.3 is 4.98 Å². The van der Waals surface area contributed by atoms with Crippen molar-refractivity contribution < 1.29 is 0 Å². The van der Waals surface area contributed by atoms with Gasteiger partial charge in [0, 0.05) is 17.1 Å². The molecule has 1 aromatic heterocycles. The van der Waals surface area contributed by atoms with Gasteiger partial charge in [-0.1, -0.05) is 31.2 Å². The summed E-state index contributed by atoms with van der Waals surface area (Å²) in [7, 11) is 0. The van der Waals surface area contributed by atoms with Crippen LogP contribution in [0.3, 0.4) is 0 Å². The van der Waals surface area contributed by atoms with E-state index in [2.05, 4.69) is 42.4 Å². The van der Waals surface area contributed by atoms with Crippen LogP contribution in [0.1, 0.15) is 18.1 Å². The lowest BCUT2D eigenvalue weighted by molar-refractivity contribution is 1.15. The minimum atomic E-state index is 0.718. The van der Waals surface area contributed by atoms with Crippen molar-refractivity contribution in [3.63, 3.8) is 0 Å². The molecule has 0 saturated carbocycles. The average molecular weight is 246 g/mol. The number of nitrogens with one attached hydrogen (secondary N) is 1. The Balaban J connectivity index is 2.23. The first-order valence-corrected chi connectivity index (χ1v) is 6.43. The quantitative estimate of drug-likeness (QED) is 0.720. The highest BCUT2D eigenvalue weighted by Crippen LogP contribution is 2.28. The molecule has 3 aromatic rings. The van der Waals surface area contributed by atoms with Gasteiger partial charge in [-0.3, -0.25) is 0 Å². The van der Waals surface area contributed by atoms with Gasteiger partial charge in [0.2, 0.25) is 0 Å². The van der Waals surface area contributed by atoms with E-state index in [1.807, 2.05) is 24.3 Å². The zero-order chi connectivity index (χ0) is 13.2. The van der Waals surface area contributed by atoms with Crippen LogP contribution < -0.4 is 0 Å². The molecule has 0 atom stereocenters. The number of rotatable bonds is 2. The molecule has 1 heterocycles. The maximum Gasteiger partial charge on any atom is 0.0998 e. The second kappa shape index (κ2) is 4.62. The summed E-state index contributed by atoms with van der Waals surface area (Å²) in [5.74, 6) is 0. The molecule has 0 unspecified atom stereocenters. The lowest BCUT2D eigenvalue weighted by Crippen LogP contribution is -1.84. The third-order valence-electron chi connectivity index (χ3n) is 3.51. The van der Waals surface area contributed by atoms with Gasteiger partial charge >= 0.3 is 0 Å². The predicted octanol–water partition coefficient (Wildman–Crippen LogP) is 4.27. The second-order valence-electron chi connectivity index (χ2n) is 4.59. The molecule has 0 saturated heterocycles. The fraction of sp³-hybridized carbons (Fsp3) is 0.118. The molecule has 0 aliphatic carbocycles. The lowest BCUT2D eigenvalue weighted by atomic mass is 9.98. The summed E-state index contributed by atoms with van der Waals surface area (Å²) in [4.78, 5) is 3.28. The molecule has 2 nitrogen and oxygen atoms in total. The number of aromatic nitrogens is 1. The average Bonchev–Trinajstić information content (AvgIpc) is 2.89. The Morgan fingerprint density at radius 2 is 2.00 bits per heavy atom. The smallest absolute Gasteiger partial charge is 0.0998 e. The van der Waals surface area contributed by atoms with Gasteiger partial charge in [-0.25, -0.2) is 0 Å². The largest absolute Gasteiger partial charge is 0.361 e. The van der Waals surface area contributed by atoms with Gasteiger partial charge in [0.1, 0.15) is 0 Å². The number of H-pyrrole nitrogens is 1. The molecule has 0 aliphatic heterocycles. The maximum absolute atomic E-state index is 9.20. The lowest BCUT2D eigenvalue weighted by Gasteiger charge is -2.05. The van der Waals surface area contributed by atoms with Crippen LogP contribution in [0.5, 0.6) is 0 Å². The van der Waals surface area contributed by atoms with Crippen molar-refractivity contribution in [2.75, 3.05) is 0 Å². The topological polar surface area (TPSA) is 39.6 Å². The summed E-state index contributed by atoms with van der Waals surface area (Å²) in [5.41, 5.74) is 5.27. The number of benzene rings is 2. The molecule has 19 heavy (non-hydrogen) atoms. The molecular weight excluding hydrogens is 232 g/mol. The highest BCUT2D eigenvalue weighted by atomic mass is 14.7. The van der Waals surface area contributed by atoms with Gasteiger partial charge in [-0.15, -0.1) is 0 Å². The first kappa shape index (κ1) is 11.6. The Kier molecular flexibility index (Phi) is 2.81. The fourth-order valence-corrected chi connectivity index (χ4v) is 2.47. The molecule has 3 rings (SSSR count). The molecule has 0 fully saturated rings. The minimum Gasteiger partial charge on any atom is -0.361 e. The Hall–Kier alpha value is -2.53. The van der Waals surface area contributed by atoms with Crippen molar-refractivity contribution in [2.45, 2.75) is 13.3 Å². The summed E-state index contributed by atoms with van der Waals surface area (Å²) < 4.78 is 0. The molecule has 92 valence electrons. The van der Waals surface area contributed by atoms with E-state index in [0.29, 0.717) is 0 Å². The Morgan fingerprint density at radius 3 is 2.79 bits per heavy atom. The van der Waals surface area contributed by atoms with Crippen LogP contribution in [0.15, 0.2) is 48.7 Å². The highest BCUT2D eigenvalue weighted by molar-refractivity contribution is 5.88. The number of nitrogens with zero attached hydrogens (tertiary/aromatic N) is 1. The maximum atomic E-state index is 9.20. The van der Waals surface area contributed by atoms with E-state index < -0.39 is 0 Å². The standard InChI is InChI=1S/C17H14N2/c1-2-12-11-19-17-8-7-13(9-16(12)17)15-6-4-3-5-14(15)10-18/h3-9,11,19H,2H2,1H3. The summed E-state index contributed by atoms with van der Waals surface area (Å²) in [6.07, 6.45) is 3.06. The van der Waals surface area contributed by atoms with Crippen LogP contribution in [0.4, 0.5) is 0 Å². The molecule has 0 bridgehead atoms. The normalized spacial score (nSPS) is 10.5. The zero-order valence-electron chi connectivity index (χ0n) is 10.8. The number of hydrogen-bond acceptors (Lipinski definition) is 1. The summed E-state index contributed by atoms with van der Waals surface area (Å²) >= 11 is 0. The molecule has 2 heteroatoms. The van der Waals surface area contributed by atoms with E-state index in [1.165, 1.54) is 10.9 Å². The number of hydrogen-bond donors (Lipinski definition) is 1. The van der Waals surface area contributed by atoms with Crippen LogP contribution in [-0.2, 0) is 6.42 Å². The summed E-state index contributed by atoms with van der Waals surface area (Å²) in [6.45, 7) is 2.15. The Bertz CT molecular complexity index is 775. The van der Waals surface area contributed by atoms with Crippen LogP contribution in [0.25, 0.3) is 22.0 Å². The van der Waals surface area contributed by atoms with E-state index in [4.69, 9.17) is 0 Å². The molecular formula is C17H14N2. The van der Waals surface area contributed by atoms with E-state index in [0.717, 1.165) is 28.6 Å². The molecule has 2 aromatic carbocycles. The van der Waals surface area contributed by atoms with Crippen LogP contribution >= 0.6 is 0 Å². The third-order valence-corrected chi connectivity index (χ3v) is 3.51. The van der Waals surface area contributed by atoms with Crippen molar-refractivity contribution in [2.24, 2.45) is 0 Å². The molecule has 0 aliphatic rings.